The van der Waals surface area contributed by atoms with Crippen molar-refractivity contribution in [3.05, 3.63) is 76.9 Å². The van der Waals surface area contributed by atoms with Gasteiger partial charge >= 0.3 is 0 Å². The number of para-hydroxylation sites is 1. The maximum absolute atomic E-state index is 13.0. The zero-order valence-electron chi connectivity index (χ0n) is 20.6. The van der Waals surface area contributed by atoms with Crippen LogP contribution >= 0.6 is 0 Å². The van der Waals surface area contributed by atoms with E-state index >= 15 is 0 Å². The predicted octanol–water partition coefficient (Wildman–Crippen LogP) is 4.10. The van der Waals surface area contributed by atoms with E-state index in [1.807, 2.05) is 59.3 Å². The van der Waals surface area contributed by atoms with Gasteiger partial charge in [0.05, 0.1) is 11.4 Å². The summed E-state index contributed by atoms with van der Waals surface area (Å²) in [6, 6.07) is 16.9. The third-order valence-corrected chi connectivity index (χ3v) is 8.84. The molecule has 0 bridgehead atoms. The molecule has 2 aliphatic rings. The minimum Gasteiger partial charge on any atom is -0.457 e. The van der Waals surface area contributed by atoms with Crippen LogP contribution in [0.15, 0.2) is 71.4 Å². The summed E-state index contributed by atoms with van der Waals surface area (Å²) in [6.07, 6.45) is 3.98. The lowest BCUT2D eigenvalue weighted by Crippen LogP contribution is -2.37. The van der Waals surface area contributed by atoms with E-state index in [1.54, 1.807) is 0 Å². The van der Waals surface area contributed by atoms with Crippen molar-refractivity contribution >= 4 is 26.7 Å². The third-order valence-electron chi connectivity index (χ3n) is 7.74. The molecule has 38 heavy (non-hydrogen) atoms. The fourth-order valence-electron chi connectivity index (χ4n) is 5.65. The van der Waals surface area contributed by atoms with E-state index in [2.05, 4.69) is 21.5 Å². The monoisotopic (exact) mass is 532 g/mol. The molecule has 196 valence electrons. The van der Waals surface area contributed by atoms with Crippen molar-refractivity contribution in [3.63, 3.8) is 0 Å². The molecule has 2 heterocycles. The van der Waals surface area contributed by atoms with Crippen LogP contribution in [0.25, 0.3) is 22.2 Å². The summed E-state index contributed by atoms with van der Waals surface area (Å²) in [5.74, 6) is 1.63. The molecule has 4 N–H and O–H groups in total. The fraction of sp³-hybridized carbons (Fsp3) is 0.296. The first-order chi connectivity index (χ1) is 18.3. The van der Waals surface area contributed by atoms with Gasteiger partial charge in [-0.05, 0) is 73.9 Å². The number of nitrogen functional groups attached to an aromatic ring is 1. The van der Waals surface area contributed by atoms with Crippen molar-refractivity contribution < 1.29 is 13.2 Å². The number of anilines is 1. The average molecular weight is 533 g/mol. The third kappa shape index (κ3) is 4.37. The molecule has 1 spiro atoms. The highest BCUT2D eigenvalue weighted by molar-refractivity contribution is 7.92. The molecule has 2 aromatic heterocycles. The zero-order chi connectivity index (χ0) is 26.5. The Bertz CT molecular complexity index is 1670. The van der Waals surface area contributed by atoms with Gasteiger partial charge in [0.25, 0.3) is 5.56 Å². The van der Waals surface area contributed by atoms with Gasteiger partial charge in [-0.3, -0.25) is 9.48 Å². The normalized spacial score (nSPS) is 22.9. The summed E-state index contributed by atoms with van der Waals surface area (Å²) in [5, 5.41) is 12.9. The largest absolute Gasteiger partial charge is 0.457 e. The van der Waals surface area contributed by atoms with E-state index < -0.39 is 10.0 Å². The first kappa shape index (κ1) is 24.4. The molecule has 0 saturated heterocycles. The van der Waals surface area contributed by atoms with Crippen molar-refractivity contribution in [2.24, 2.45) is 5.41 Å². The number of sulfonamides is 1. The summed E-state index contributed by atoms with van der Waals surface area (Å²) in [4.78, 5) is 13.0. The van der Waals surface area contributed by atoms with Gasteiger partial charge in [0.1, 0.15) is 22.7 Å². The van der Waals surface area contributed by atoms with E-state index in [4.69, 9.17) is 15.6 Å². The molecule has 2 aliphatic carbocycles. The maximum Gasteiger partial charge on any atom is 0.290 e. The SMILES string of the molecule is C=CS(=O)(=O)NC1CCC2(CC1)CC2n1nc(-c2ccc(Oc3ccccc3)cc2)c2c(N)n[nH]c(=O)c21. The zero-order valence-corrected chi connectivity index (χ0v) is 21.4. The van der Waals surface area contributed by atoms with Crippen LogP contribution in [0.3, 0.4) is 0 Å². The maximum atomic E-state index is 13.0. The second kappa shape index (κ2) is 9.10. The number of nitrogens with two attached hydrogens (primary N) is 1. The number of rotatable bonds is 7. The number of nitrogens with zero attached hydrogens (tertiary/aromatic N) is 3. The lowest BCUT2D eigenvalue weighted by atomic mass is 9.83. The lowest BCUT2D eigenvalue weighted by Gasteiger charge is -2.29. The van der Waals surface area contributed by atoms with Crippen LogP contribution in [0, 0.1) is 5.41 Å². The van der Waals surface area contributed by atoms with Gasteiger partial charge < -0.3 is 10.5 Å². The molecule has 4 aromatic rings. The number of hydrogen-bond acceptors (Lipinski definition) is 7. The Morgan fingerprint density at radius 2 is 1.79 bits per heavy atom. The molecule has 6 rings (SSSR count). The summed E-state index contributed by atoms with van der Waals surface area (Å²) in [6.45, 7) is 3.37. The number of fused-ring (bicyclic) bond motifs is 1. The number of H-pyrrole nitrogens is 1. The Labute approximate surface area is 219 Å². The van der Waals surface area contributed by atoms with Crippen LogP contribution in [0.2, 0.25) is 0 Å². The molecule has 0 amide bonds. The van der Waals surface area contributed by atoms with Crippen molar-refractivity contribution in [3.8, 4) is 22.8 Å². The molecule has 0 aliphatic heterocycles. The van der Waals surface area contributed by atoms with Gasteiger partial charge in [-0.2, -0.15) is 10.2 Å². The van der Waals surface area contributed by atoms with Crippen molar-refractivity contribution in [2.75, 3.05) is 5.73 Å². The summed E-state index contributed by atoms with van der Waals surface area (Å²) >= 11 is 0. The topological polar surface area (TPSA) is 145 Å². The highest BCUT2D eigenvalue weighted by Gasteiger charge is 2.57. The number of aromatic nitrogens is 4. The average Bonchev–Trinajstić information content (AvgIpc) is 3.46. The van der Waals surface area contributed by atoms with Crippen LogP contribution in [0.1, 0.15) is 38.1 Å². The highest BCUT2D eigenvalue weighted by Crippen LogP contribution is 2.64. The second-order valence-electron chi connectivity index (χ2n) is 10.1. The molecule has 2 aromatic carbocycles. The fourth-order valence-corrected chi connectivity index (χ4v) is 6.44. The second-order valence-corrected chi connectivity index (χ2v) is 11.7. The van der Waals surface area contributed by atoms with E-state index in [9.17, 15) is 13.2 Å². The lowest BCUT2D eigenvalue weighted by molar-refractivity contribution is 0.269. The van der Waals surface area contributed by atoms with Gasteiger partial charge in [-0.1, -0.05) is 24.8 Å². The molecule has 1 unspecified atom stereocenters. The molecular formula is C27H28N6O4S. The molecule has 10 nitrogen and oxygen atoms in total. The summed E-state index contributed by atoms with van der Waals surface area (Å²) in [7, 11) is -3.47. The molecule has 0 radical (unpaired) electrons. The Morgan fingerprint density at radius 3 is 2.47 bits per heavy atom. The summed E-state index contributed by atoms with van der Waals surface area (Å²) < 4.78 is 34.2. The first-order valence-electron chi connectivity index (χ1n) is 12.5. The summed E-state index contributed by atoms with van der Waals surface area (Å²) in [5.41, 5.74) is 7.69. The standard InChI is InChI=1S/C27H28N6O4S/c1-2-38(35,36)32-18-12-14-27(15-13-18)16-21(27)33-24-22(25(28)29-30-26(24)34)23(31-33)17-8-10-20(11-9-17)37-19-6-4-3-5-7-19/h2-11,18,21,32H,1,12-16H2,(H2,28,29)(H,30,34). The minimum atomic E-state index is -3.47. The quantitative estimate of drug-likeness (QED) is 0.325. The van der Waals surface area contributed by atoms with E-state index in [-0.39, 0.29) is 28.9 Å². The highest BCUT2D eigenvalue weighted by atomic mass is 32.2. The van der Waals surface area contributed by atoms with Crippen LogP contribution < -0.4 is 20.8 Å². The van der Waals surface area contributed by atoms with E-state index in [0.717, 1.165) is 48.8 Å². The van der Waals surface area contributed by atoms with Gasteiger partial charge in [-0.15, -0.1) is 0 Å². The number of nitrogens with one attached hydrogen (secondary N) is 2. The Kier molecular flexibility index (Phi) is 5.84. The Hall–Kier alpha value is -3.96. The van der Waals surface area contributed by atoms with Crippen molar-refractivity contribution in [1.82, 2.24) is 24.7 Å². The number of hydrogen-bond donors (Lipinski definition) is 3. The predicted molar refractivity (Wildman–Crippen MR) is 145 cm³/mol. The van der Waals surface area contributed by atoms with Crippen molar-refractivity contribution in [1.29, 1.82) is 0 Å². The Balaban J connectivity index is 1.29. The van der Waals surface area contributed by atoms with Gasteiger partial charge in [0.2, 0.25) is 10.0 Å². The van der Waals surface area contributed by atoms with Gasteiger partial charge in [-0.25, -0.2) is 18.2 Å². The number of benzene rings is 2. The molecule has 2 fully saturated rings. The van der Waals surface area contributed by atoms with Crippen LogP contribution in [-0.2, 0) is 10.0 Å². The van der Waals surface area contributed by atoms with E-state index in [0.29, 0.717) is 22.3 Å². The van der Waals surface area contributed by atoms with Crippen molar-refractivity contribution in [2.45, 2.75) is 44.2 Å². The van der Waals surface area contributed by atoms with Gasteiger partial charge in [0.15, 0.2) is 5.82 Å². The van der Waals surface area contributed by atoms with Gasteiger partial charge in [0, 0.05) is 17.0 Å². The van der Waals surface area contributed by atoms with Crippen LogP contribution in [-0.4, -0.2) is 34.4 Å². The smallest absolute Gasteiger partial charge is 0.290 e. The molecule has 1 atom stereocenters. The van der Waals surface area contributed by atoms with Crippen LogP contribution in [0.5, 0.6) is 11.5 Å². The number of aromatic amines is 1. The first-order valence-corrected chi connectivity index (χ1v) is 14.1. The Morgan fingerprint density at radius 1 is 1.11 bits per heavy atom. The van der Waals surface area contributed by atoms with Crippen LogP contribution in [0.4, 0.5) is 5.82 Å². The minimum absolute atomic E-state index is 0.0236. The molecular weight excluding hydrogens is 504 g/mol. The number of ether oxygens (including phenoxy) is 1. The van der Waals surface area contributed by atoms with E-state index in [1.165, 1.54) is 0 Å². The molecule has 11 heteroatoms. The molecule has 2 saturated carbocycles.